The first-order valence-electron chi connectivity index (χ1n) is 7.80. The van der Waals surface area contributed by atoms with Crippen LogP contribution in [0, 0.1) is 6.92 Å². The zero-order valence-corrected chi connectivity index (χ0v) is 13.7. The van der Waals surface area contributed by atoms with Gasteiger partial charge < -0.3 is 9.88 Å². The molecule has 0 saturated heterocycles. The number of pyridine rings is 1. The van der Waals surface area contributed by atoms with Crippen molar-refractivity contribution in [1.82, 2.24) is 14.9 Å². The topological polar surface area (TPSA) is 49.0 Å². The molecule has 0 radical (unpaired) electrons. The number of amides is 1. The Morgan fingerprint density at radius 2 is 2.09 bits per heavy atom. The number of aromatic nitrogens is 2. The molecule has 1 atom stereocenters. The molecule has 1 N–H and O–H groups in total. The molecular weight excluding hydrogens is 286 g/mol. The Morgan fingerprint density at radius 1 is 1.26 bits per heavy atom. The number of hydrogen-bond donors (Lipinski definition) is 1. The number of fused-ring (bicyclic) bond motifs is 1. The number of aromatic amines is 1. The SMILES string of the molecule is Cc1ccnc(CC(C)N(C)C(=O)c2ccc3[nH]ccc3c2)c1. The summed E-state index contributed by atoms with van der Waals surface area (Å²) in [6.45, 7) is 4.10. The van der Waals surface area contributed by atoms with Crippen molar-refractivity contribution in [3.8, 4) is 0 Å². The van der Waals surface area contributed by atoms with Gasteiger partial charge in [-0.3, -0.25) is 9.78 Å². The van der Waals surface area contributed by atoms with Crippen LogP contribution in [0.3, 0.4) is 0 Å². The van der Waals surface area contributed by atoms with Crippen molar-refractivity contribution in [2.75, 3.05) is 7.05 Å². The van der Waals surface area contributed by atoms with Crippen molar-refractivity contribution in [2.45, 2.75) is 26.3 Å². The molecule has 4 nitrogen and oxygen atoms in total. The van der Waals surface area contributed by atoms with E-state index >= 15 is 0 Å². The quantitative estimate of drug-likeness (QED) is 0.801. The molecular formula is C19H21N3O. The van der Waals surface area contributed by atoms with E-state index in [0.717, 1.165) is 23.0 Å². The molecule has 1 aromatic carbocycles. The number of nitrogens with zero attached hydrogens (tertiary/aromatic N) is 2. The molecule has 3 aromatic rings. The second kappa shape index (κ2) is 6.24. The van der Waals surface area contributed by atoms with Gasteiger partial charge in [-0.15, -0.1) is 0 Å². The Balaban J connectivity index is 1.75. The van der Waals surface area contributed by atoms with Crippen LogP contribution in [0.2, 0.25) is 0 Å². The highest BCUT2D eigenvalue weighted by Crippen LogP contribution is 2.17. The molecule has 0 bridgehead atoms. The lowest BCUT2D eigenvalue weighted by molar-refractivity contribution is 0.0743. The molecule has 0 aliphatic rings. The predicted molar refractivity (Wildman–Crippen MR) is 92.5 cm³/mol. The third-order valence-corrected chi connectivity index (χ3v) is 4.26. The molecule has 0 fully saturated rings. The minimum atomic E-state index is 0.0354. The van der Waals surface area contributed by atoms with Crippen molar-refractivity contribution < 1.29 is 4.79 Å². The van der Waals surface area contributed by atoms with Gasteiger partial charge in [0.25, 0.3) is 5.91 Å². The van der Waals surface area contributed by atoms with E-state index in [2.05, 4.69) is 29.9 Å². The van der Waals surface area contributed by atoms with E-state index in [1.807, 2.05) is 49.8 Å². The maximum atomic E-state index is 12.7. The summed E-state index contributed by atoms with van der Waals surface area (Å²) in [4.78, 5) is 22.0. The minimum absolute atomic E-state index is 0.0354. The van der Waals surface area contributed by atoms with Gasteiger partial charge in [0, 0.05) is 54.1 Å². The van der Waals surface area contributed by atoms with Crippen molar-refractivity contribution in [3.05, 3.63) is 65.6 Å². The summed E-state index contributed by atoms with van der Waals surface area (Å²) in [6.07, 6.45) is 4.45. The molecule has 4 heteroatoms. The van der Waals surface area contributed by atoms with Crippen molar-refractivity contribution in [1.29, 1.82) is 0 Å². The van der Waals surface area contributed by atoms with Gasteiger partial charge in [0.05, 0.1) is 0 Å². The molecule has 3 rings (SSSR count). The maximum absolute atomic E-state index is 12.7. The second-order valence-electron chi connectivity index (χ2n) is 6.07. The molecule has 1 unspecified atom stereocenters. The molecule has 2 heterocycles. The average molecular weight is 307 g/mol. The minimum Gasteiger partial charge on any atom is -0.361 e. The highest BCUT2D eigenvalue weighted by Gasteiger charge is 2.18. The van der Waals surface area contributed by atoms with Gasteiger partial charge in [-0.05, 0) is 55.8 Å². The number of rotatable bonds is 4. The molecule has 2 aromatic heterocycles. The lowest BCUT2D eigenvalue weighted by atomic mass is 10.1. The van der Waals surface area contributed by atoms with E-state index in [9.17, 15) is 4.79 Å². The summed E-state index contributed by atoms with van der Waals surface area (Å²) in [5.41, 5.74) is 3.96. The third kappa shape index (κ3) is 3.26. The fraction of sp³-hybridized carbons (Fsp3) is 0.263. The first kappa shape index (κ1) is 15.3. The summed E-state index contributed by atoms with van der Waals surface area (Å²) < 4.78 is 0. The lowest BCUT2D eigenvalue weighted by Crippen LogP contribution is -2.36. The van der Waals surface area contributed by atoms with Gasteiger partial charge in [0.15, 0.2) is 0 Å². The number of likely N-dealkylation sites (N-methyl/N-ethyl adjacent to an activating group) is 1. The van der Waals surface area contributed by atoms with Gasteiger partial charge in [0.2, 0.25) is 0 Å². The number of H-pyrrole nitrogens is 1. The first-order chi connectivity index (χ1) is 11.0. The fourth-order valence-electron chi connectivity index (χ4n) is 2.74. The van der Waals surface area contributed by atoms with Crippen molar-refractivity contribution in [2.24, 2.45) is 0 Å². The number of benzene rings is 1. The van der Waals surface area contributed by atoms with Crippen LogP contribution in [-0.4, -0.2) is 33.9 Å². The van der Waals surface area contributed by atoms with Crippen LogP contribution in [0.25, 0.3) is 10.9 Å². The van der Waals surface area contributed by atoms with Crippen LogP contribution < -0.4 is 0 Å². The number of carbonyl (C=O) groups excluding carboxylic acids is 1. The van der Waals surface area contributed by atoms with Crippen molar-refractivity contribution in [3.63, 3.8) is 0 Å². The monoisotopic (exact) mass is 307 g/mol. The molecule has 0 aliphatic heterocycles. The summed E-state index contributed by atoms with van der Waals surface area (Å²) in [5, 5.41) is 1.05. The highest BCUT2D eigenvalue weighted by atomic mass is 16.2. The summed E-state index contributed by atoms with van der Waals surface area (Å²) in [6, 6.07) is 11.9. The predicted octanol–water partition coefficient (Wildman–Crippen LogP) is 3.57. The third-order valence-electron chi connectivity index (χ3n) is 4.26. The molecule has 0 aliphatic carbocycles. The van der Waals surface area contributed by atoms with Gasteiger partial charge in [-0.25, -0.2) is 0 Å². The van der Waals surface area contributed by atoms with E-state index in [-0.39, 0.29) is 11.9 Å². The van der Waals surface area contributed by atoms with Gasteiger partial charge >= 0.3 is 0 Å². The number of hydrogen-bond acceptors (Lipinski definition) is 2. The van der Waals surface area contributed by atoms with Crippen LogP contribution in [0.4, 0.5) is 0 Å². The Labute approximate surface area is 136 Å². The number of aryl methyl sites for hydroxylation is 1. The lowest BCUT2D eigenvalue weighted by Gasteiger charge is -2.25. The molecule has 0 spiro atoms. The second-order valence-corrected chi connectivity index (χ2v) is 6.07. The molecule has 23 heavy (non-hydrogen) atoms. The normalized spacial score (nSPS) is 12.3. The van der Waals surface area contributed by atoms with Gasteiger partial charge in [0.1, 0.15) is 0 Å². The van der Waals surface area contributed by atoms with E-state index in [1.165, 1.54) is 5.56 Å². The molecule has 0 saturated carbocycles. The zero-order chi connectivity index (χ0) is 16.4. The van der Waals surface area contributed by atoms with Crippen LogP contribution in [0.15, 0.2) is 48.8 Å². The smallest absolute Gasteiger partial charge is 0.253 e. The number of carbonyl (C=O) groups is 1. The summed E-state index contributed by atoms with van der Waals surface area (Å²) in [7, 11) is 1.85. The van der Waals surface area contributed by atoms with Crippen LogP contribution >= 0.6 is 0 Å². The summed E-state index contributed by atoms with van der Waals surface area (Å²) >= 11 is 0. The van der Waals surface area contributed by atoms with Crippen molar-refractivity contribution >= 4 is 16.8 Å². The number of nitrogens with one attached hydrogen (secondary N) is 1. The highest BCUT2D eigenvalue weighted by molar-refractivity contribution is 5.98. The Kier molecular flexibility index (Phi) is 4.15. The Bertz CT molecular complexity index is 837. The van der Waals surface area contributed by atoms with E-state index in [1.54, 1.807) is 4.90 Å². The first-order valence-corrected chi connectivity index (χ1v) is 7.80. The average Bonchev–Trinajstić information content (AvgIpc) is 3.01. The Hall–Kier alpha value is -2.62. The molecule has 118 valence electrons. The van der Waals surface area contributed by atoms with Crippen LogP contribution in [0.5, 0.6) is 0 Å². The zero-order valence-electron chi connectivity index (χ0n) is 13.7. The van der Waals surface area contributed by atoms with Gasteiger partial charge in [-0.1, -0.05) is 0 Å². The standard InChI is InChI=1S/C19H21N3O/c1-13-6-8-20-17(10-13)11-14(2)22(3)19(23)16-4-5-18-15(12-16)7-9-21-18/h4-10,12,14,21H,11H2,1-3H3. The maximum Gasteiger partial charge on any atom is 0.253 e. The van der Waals surface area contributed by atoms with E-state index in [0.29, 0.717) is 5.56 Å². The van der Waals surface area contributed by atoms with E-state index in [4.69, 9.17) is 0 Å². The summed E-state index contributed by atoms with van der Waals surface area (Å²) in [5.74, 6) is 0.0354. The van der Waals surface area contributed by atoms with E-state index < -0.39 is 0 Å². The van der Waals surface area contributed by atoms with Crippen LogP contribution in [-0.2, 0) is 6.42 Å². The molecule has 1 amide bonds. The van der Waals surface area contributed by atoms with Crippen LogP contribution in [0.1, 0.15) is 28.5 Å². The fourth-order valence-corrected chi connectivity index (χ4v) is 2.74. The Morgan fingerprint density at radius 3 is 2.87 bits per heavy atom. The largest absolute Gasteiger partial charge is 0.361 e. The van der Waals surface area contributed by atoms with Gasteiger partial charge in [-0.2, -0.15) is 0 Å².